The van der Waals surface area contributed by atoms with Crippen molar-refractivity contribution in [1.29, 1.82) is 0 Å². The van der Waals surface area contributed by atoms with Crippen molar-refractivity contribution < 1.29 is 9.53 Å². The number of nitrogens with zero attached hydrogens (tertiary/aromatic N) is 3. The summed E-state index contributed by atoms with van der Waals surface area (Å²) in [5.41, 5.74) is 1.42. The smallest absolute Gasteiger partial charge is 0.276 e. The molecule has 2 heterocycles. The summed E-state index contributed by atoms with van der Waals surface area (Å²) in [6.45, 7) is 2.41. The average Bonchev–Trinajstić information content (AvgIpc) is 2.98. The van der Waals surface area contributed by atoms with Gasteiger partial charge < -0.3 is 9.64 Å². The first-order chi connectivity index (χ1) is 9.36. The fraction of sp³-hybridized carbons (Fsp3) is 0.308. The van der Waals surface area contributed by atoms with Crippen LogP contribution in [0.3, 0.4) is 0 Å². The van der Waals surface area contributed by atoms with Crippen molar-refractivity contribution in [3.63, 3.8) is 0 Å². The van der Waals surface area contributed by atoms with Crippen LogP contribution >= 0.6 is 11.5 Å². The topological polar surface area (TPSA) is 55.3 Å². The first kappa shape index (κ1) is 12.3. The molecular weight excluding hydrogens is 262 g/mol. The highest BCUT2D eigenvalue weighted by Crippen LogP contribution is 2.26. The number of aromatic nitrogens is 2. The van der Waals surface area contributed by atoms with Crippen molar-refractivity contribution in [2.75, 3.05) is 26.3 Å². The molecule has 0 radical (unpaired) electrons. The molecule has 6 heteroatoms. The second-order valence-corrected chi connectivity index (χ2v) is 4.98. The lowest BCUT2D eigenvalue weighted by molar-refractivity contribution is 0.0299. The summed E-state index contributed by atoms with van der Waals surface area (Å²) in [5.74, 6) is -0.0593. The molecule has 5 nitrogen and oxygen atoms in total. The predicted molar refractivity (Wildman–Crippen MR) is 72.1 cm³/mol. The van der Waals surface area contributed by atoms with Crippen LogP contribution in [-0.4, -0.2) is 46.7 Å². The second kappa shape index (κ2) is 5.46. The summed E-state index contributed by atoms with van der Waals surface area (Å²) >= 11 is 1.26. The van der Waals surface area contributed by atoms with Crippen LogP contribution in [-0.2, 0) is 4.74 Å². The third-order valence-electron chi connectivity index (χ3n) is 3.02. The molecule has 1 aliphatic rings. The maximum atomic E-state index is 12.4. The minimum Gasteiger partial charge on any atom is -0.378 e. The zero-order chi connectivity index (χ0) is 13.1. The van der Waals surface area contributed by atoms with Gasteiger partial charge in [0.05, 0.1) is 18.1 Å². The van der Waals surface area contributed by atoms with Crippen LogP contribution in [0.15, 0.2) is 30.3 Å². The van der Waals surface area contributed by atoms with Crippen molar-refractivity contribution in [2.24, 2.45) is 0 Å². The Morgan fingerprint density at radius 3 is 2.68 bits per heavy atom. The van der Waals surface area contributed by atoms with Gasteiger partial charge in [-0.2, -0.15) is 0 Å². The van der Waals surface area contributed by atoms with Gasteiger partial charge in [-0.25, -0.2) is 0 Å². The maximum absolute atomic E-state index is 12.4. The summed E-state index contributed by atoms with van der Waals surface area (Å²) in [7, 11) is 0. The highest BCUT2D eigenvalue weighted by molar-refractivity contribution is 7.09. The van der Waals surface area contributed by atoms with Gasteiger partial charge in [0.1, 0.15) is 0 Å². The zero-order valence-electron chi connectivity index (χ0n) is 10.3. The lowest BCUT2D eigenvalue weighted by atomic mass is 10.1. The molecule has 3 rings (SSSR count). The van der Waals surface area contributed by atoms with E-state index in [1.165, 1.54) is 11.5 Å². The Morgan fingerprint density at radius 1 is 1.21 bits per heavy atom. The number of morpholine rings is 1. The normalized spacial score (nSPS) is 15.5. The van der Waals surface area contributed by atoms with Gasteiger partial charge in [0.15, 0.2) is 5.69 Å². The molecule has 0 N–H and O–H groups in total. The minimum absolute atomic E-state index is 0.0593. The van der Waals surface area contributed by atoms with Crippen LogP contribution < -0.4 is 0 Å². The molecule has 1 amide bonds. The minimum atomic E-state index is -0.0593. The summed E-state index contributed by atoms with van der Waals surface area (Å²) in [5, 5.41) is 4.00. The number of benzene rings is 1. The van der Waals surface area contributed by atoms with Crippen LogP contribution in [0.25, 0.3) is 10.4 Å². The predicted octanol–water partition coefficient (Wildman–Crippen LogP) is 1.68. The molecule has 0 atom stereocenters. The van der Waals surface area contributed by atoms with Crippen molar-refractivity contribution >= 4 is 17.4 Å². The van der Waals surface area contributed by atoms with E-state index < -0.39 is 0 Å². The lowest BCUT2D eigenvalue weighted by Crippen LogP contribution is -2.41. The fourth-order valence-corrected chi connectivity index (χ4v) is 2.69. The highest BCUT2D eigenvalue weighted by Gasteiger charge is 2.24. The van der Waals surface area contributed by atoms with Gasteiger partial charge in [0.25, 0.3) is 5.91 Å². The van der Waals surface area contributed by atoms with Gasteiger partial charge in [-0.1, -0.05) is 34.8 Å². The van der Waals surface area contributed by atoms with E-state index in [-0.39, 0.29) is 5.91 Å². The summed E-state index contributed by atoms with van der Waals surface area (Å²) in [6, 6.07) is 9.76. The number of carbonyl (C=O) groups is 1. The van der Waals surface area contributed by atoms with Gasteiger partial charge in [-0.05, 0) is 17.1 Å². The molecule has 0 aliphatic carbocycles. The number of carbonyl (C=O) groups excluding carboxylic acids is 1. The molecule has 2 aromatic rings. The molecular formula is C13H13N3O2S. The highest BCUT2D eigenvalue weighted by atomic mass is 32.1. The van der Waals surface area contributed by atoms with Gasteiger partial charge in [0.2, 0.25) is 0 Å². The Bertz CT molecular complexity index is 564. The van der Waals surface area contributed by atoms with Gasteiger partial charge in [-0.3, -0.25) is 4.79 Å². The average molecular weight is 275 g/mol. The number of ether oxygens (including phenoxy) is 1. The second-order valence-electron chi connectivity index (χ2n) is 4.22. The van der Waals surface area contributed by atoms with E-state index in [9.17, 15) is 4.79 Å². The molecule has 1 fully saturated rings. The fourth-order valence-electron chi connectivity index (χ4n) is 2.03. The maximum Gasteiger partial charge on any atom is 0.276 e. The van der Waals surface area contributed by atoms with Crippen molar-refractivity contribution in [1.82, 2.24) is 14.5 Å². The third kappa shape index (κ3) is 2.50. The molecule has 0 saturated carbocycles. The van der Waals surface area contributed by atoms with Crippen molar-refractivity contribution in [2.45, 2.75) is 0 Å². The zero-order valence-corrected chi connectivity index (χ0v) is 11.1. The Hall–Kier alpha value is -1.79. The van der Waals surface area contributed by atoms with E-state index >= 15 is 0 Å². The number of rotatable bonds is 2. The van der Waals surface area contributed by atoms with E-state index in [1.807, 2.05) is 30.3 Å². The molecule has 1 aliphatic heterocycles. The van der Waals surface area contributed by atoms with E-state index in [4.69, 9.17) is 4.74 Å². The number of amides is 1. The summed E-state index contributed by atoms with van der Waals surface area (Å²) in [4.78, 5) is 15.0. The summed E-state index contributed by atoms with van der Waals surface area (Å²) in [6.07, 6.45) is 0. The standard InChI is InChI=1S/C13H13N3O2S/c17-13(16-6-8-18-9-7-16)11-12(19-15-14-11)10-4-2-1-3-5-10/h1-5H,6-9H2. The van der Waals surface area contributed by atoms with Gasteiger partial charge in [-0.15, -0.1) is 5.10 Å². The van der Waals surface area contributed by atoms with E-state index in [0.717, 1.165) is 10.4 Å². The van der Waals surface area contributed by atoms with Gasteiger partial charge in [0, 0.05) is 13.1 Å². The Morgan fingerprint density at radius 2 is 1.95 bits per heavy atom. The first-order valence-corrected chi connectivity index (χ1v) is 6.88. The molecule has 1 aromatic heterocycles. The van der Waals surface area contributed by atoms with Crippen molar-refractivity contribution in [3.8, 4) is 10.4 Å². The Labute approximate surface area is 115 Å². The molecule has 98 valence electrons. The lowest BCUT2D eigenvalue weighted by Gasteiger charge is -2.26. The van der Waals surface area contributed by atoms with Crippen LogP contribution in [0.2, 0.25) is 0 Å². The monoisotopic (exact) mass is 275 g/mol. The third-order valence-corrected chi connectivity index (χ3v) is 3.80. The quantitative estimate of drug-likeness (QED) is 0.836. The molecule has 19 heavy (non-hydrogen) atoms. The molecule has 0 unspecified atom stereocenters. The molecule has 1 saturated heterocycles. The van der Waals surface area contributed by atoms with Crippen LogP contribution in [0.5, 0.6) is 0 Å². The Kier molecular flexibility index (Phi) is 3.52. The largest absolute Gasteiger partial charge is 0.378 e. The number of hydrogen-bond acceptors (Lipinski definition) is 5. The van der Waals surface area contributed by atoms with E-state index in [2.05, 4.69) is 9.59 Å². The van der Waals surface area contributed by atoms with E-state index in [0.29, 0.717) is 32.0 Å². The van der Waals surface area contributed by atoms with Crippen LogP contribution in [0.4, 0.5) is 0 Å². The van der Waals surface area contributed by atoms with Gasteiger partial charge >= 0.3 is 0 Å². The Balaban J connectivity index is 1.89. The summed E-state index contributed by atoms with van der Waals surface area (Å²) < 4.78 is 9.18. The molecule has 0 bridgehead atoms. The first-order valence-electron chi connectivity index (χ1n) is 6.11. The van der Waals surface area contributed by atoms with Crippen LogP contribution in [0.1, 0.15) is 10.5 Å². The van der Waals surface area contributed by atoms with Crippen molar-refractivity contribution in [3.05, 3.63) is 36.0 Å². The molecule has 0 spiro atoms. The number of hydrogen-bond donors (Lipinski definition) is 0. The molecule has 1 aromatic carbocycles. The SMILES string of the molecule is O=C(c1nnsc1-c1ccccc1)N1CCOCC1. The van der Waals surface area contributed by atoms with Crippen LogP contribution in [0, 0.1) is 0 Å². The van der Waals surface area contributed by atoms with E-state index in [1.54, 1.807) is 4.90 Å².